The number of carbonyl (C=O) groups excluding carboxylic acids is 1. The fourth-order valence-corrected chi connectivity index (χ4v) is 3.36. The van der Waals surface area contributed by atoms with E-state index in [1.165, 1.54) is 12.2 Å². The number of hydrogen-bond donors (Lipinski definition) is 0. The Bertz CT molecular complexity index is 979. The molecule has 3 aromatic carbocycles. The number of hydrogen-bond acceptors (Lipinski definition) is 4. The van der Waals surface area contributed by atoms with Crippen LogP contribution < -0.4 is 14.5 Å². The van der Waals surface area contributed by atoms with Crippen LogP contribution in [0.25, 0.3) is 21.5 Å². The van der Waals surface area contributed by atoms with E-state index in [1.807, 2.05) is 30.3 Å². The van der Waals surface area contributed by atoms with Gasteiger partial charge in [0.05, 0.1) is 18.4 Å². The van der Waals surface area contributed by atoms with Gasteiger partial charge in [-0.05, 0) is 22.9 Å². The molecule has 22 heavy (non-hydrogen) atoms. The van der Waals surface area contributed by atoms with Crippen molar-refractivity contribution in [2.24, 2.45) is 0 Å². The molecular formula is C17H11NO4. The molecule has 0 unspecified atom stereocenters. The maximum atomic E-state index is 12.6. The normalized spacial score (nSPS) is 15.3. The summed E-state index contributed by atoms with van der Waals surface area (Å²) in [5, 5.41) is 5.15. The molecule has 0 fully saturated rings. The molecule has 3 aromatic rings. The van der Waals surface area contributed by atoms with E-state index < -0.39 is 0 Å². The summed E-state index contributed by atoms with van der Waals surface area (Å²) in [5.74, 6) is 1.12. The number of fused-ring (bicyclic) bond motifs is 4. The molecule has 0 N–H and O–H groups in total. The summed E-state index contributed by atoms with van der Waals surface area (Å²) < 4.78 is 11.2. The third-order valence-electron chi connectivity index (χ3n) is 4.26. The molecule has 5 heteroatoms. The number of anilines is 1. The highest BCUT2D eigenvalue weighted by molar-refractivity contribution is 6.30. The maximum absolute atomic E-state index is 12.6. The van der Waals surface area contributed by atoms with Crippen molar-refractivity contribution in [1.82, 2.24) is 0 Å². The Balaban J connectivity index is 2.07. The van der Waals surface area contributed by atoms with E-state index >= 15 is 0 Å². The number of amides is 1. The summed E-state index contributed by atoms with van der Waals surface area (Å²) in [6.07, 6.45) is 0. The van der Waals surface area contributed by atoms with Crippen LogP contribution in [0, 0.1) is 0 Å². The lowest BCUT2D eigenvalue weighted by Crippen LogP contribution is -2.25. The smallest absolute Gasteiger partial charge is 0.283 e. The van der Waals surface area contributed by atoms with E-state index in [2.05, 4.69) is 0 Å². The van der Waals surface area contributed by atoms with Crippen LogP contribution >= 0.6 is 0 Å². The number of nitrogens with zero attached hydrogens (tertiary/aromatic N) is 1. The Kier molecular flexibility index (Phi) is 2.09. The first kappa shape index (κ1) is 11.8. The summed E-state index contributed by atoms with van der Waals surface area (Å²) in [6, 6.07) is 11.7. The molecule has 108 valence electrons. The van der Waals surface area contributed by atoms with E-state index in [1.54, 1.807) is 6.07 Å². The summed E-state index contributed by atoms with van der Waals surface area (Å²) in [7, 11) is 1.49. The molecule has 0 saturated carbocycles. The molecule has 2 aliphatic rings. The monoisotopic (exact) mass is 293 g/mol. The third-order valence-corrected chi connectivity index (χ3v) is 4.26. The van der Waals surface area contributed by atoms with Gasteiger partial charge in [-0.1, -0.05) is 24.3 Å². The van der Waals surface area contributed by atoms with Gasteiger partial charge in [-0.15, -0.1) is 0 Å². The molecule has 2 heterocycles. The SMILES string of the molecule is CON1C(=O)c2cc3c(c4c2c1cc1ccccc14)OCO3. The first-order valence-corrected chi connectivity index (χ1v) is 6.96. The molecule has 2 aliphatic heterocycles. The second-order valence-electron chi connectivity index (χ2n) is 5.31. The van der Waals surface area contributed by atoms with E-state index in [0.717, 1.165) is 27.2 Å². The molecule has 0 spiro atoms. The Morgan fingerprint density at radius 2 is 2.00 bits per heavy atom. The predicted octanol–water partition coefficient (Wildman–Crippen LogP) is 3.24. The Hall–Kier alpha value is -2.79. The van der Waals surface area contributed by atoms with Gasteiger partial charge in [0.15, 0.2) is 11.5 Å². The minimum absolute atomic E-state index is 0.175. The molecule has 1 amide bonds. The molecule has 0 aliphatic carbocycles. The lowest BCUT2D eigenvalue weighted by Gasteiger charge is -2.14. The van der Waals surface area contributed by atoms with Gasteiger partial charge in [0.25, 0.3) is 5.91 Å². The van der Waals surface area contributed by atoms with Crippen molar-refractivity contribution in [3.05, 3.63) is 42.0 Å². The van der Waals surface area contributed by atoms with Crippen LogP contribution in [0.15, 0.2) is 36.4 Å². The zero-order valence-corrected chi connectivity index (χ0v) is 11.8. The number of carbonyl (C=O) groups is 1. The van der Waals surface area contributed by atoms with Crippen LogP contribution in [0.3, 0.4) is 0 Å². The van der Waals surface area contributed by atoms with Crippen molar-refractivity contribution in [3.63, 3.8) is 0 Å². The maximum Gasteiger partial charge on any atom is 0.283 e. The van der Waals surface area contributed by atoms with Gasteiger partial charge >= 0.3 is 0 Å². The molecule has 0 aromatic heterocycles. The third kappa shape index (κ3) is 1.25. The lowest BCUT2D eigenvalue weighted by molar-refractivity contribution is 0.0787. The largest absolute Gasteiger partial charge is 0.454 e. The average molecular weight is 293 g/mol. The fourth-order valence-electron chi connectivity index (χ4n) is 3.36. The molecule has 0 bridgehead atoms. The fraction of sp³-hybridized carbons (Fsp3) is 0.118. The molecule has 0 radical (unpaired) electrons. The number of ether oxygens (including phenoxy) is 2. The zero-order valence-electron chi connectivity index (χ0n) is 11.8. The highest BCUT2D eigenvalue weighted by Gasteiger charge is 2.35. The van der Waals surface area contributed by atoms with Crippen LogP contribution in [0.1, 0.15) is 10.4 Å². The summed E-state index contributed by atoms with van der Waals surface area (Å²) in [6.45, 7) is 0.175. The molecule has 0 atom stereocenters. The van der Waals surface area contributed by atoms with Crippen LogP contribution in [-0.2, 0) is 4.84 Å². The summed E-state index contributed by atoms with van der Waals surface area (Å²) >= 11 is 0. The number of hydroxylamine groups is 1. The second-order valence-corrected chi connectivity index (χ2v) is 5.31. The van der Waals surface area contributed by atoms with Gasteiger partial charge in [-0.2, -0.15) is 5.06 Å². The van der Waals surface area contributed by atoms with Gasteiger partial charge in [-0.3, -0.25) is 9.63 Å². The van der Waals surface area contributed by atoms with Crippen molar-refractivity contribution < 1.29 is 19.1 Å². The molecule has 0 saturated heterocycles. The minimum Gasteiger partial charge on any atom is -0.454 e. The zero-order chi connectivity index (χ0) is 14.8. The van der Waals surface area contributed by atoms with Crippen LogP contribution in [0.5, 0.6) is 11.5 Å². The topological polar surface area (TPSA) is 48.0 Å². The van der Waals surface area contributed by atoms with E-state index in [4.69, 9.17) is 14.3 Å². The molecular weight excluding hydrogens is 282 g/mol. The lowest BCUT2D eigenvalue weighted by atomic mass is 9.97. The minimum atomic E-state index is -0.184. The van der Waals surface area contributed by atoms with Gasteiger partial charge in [0.2, 0.25) is 6.79 Å². The molecule has 5 rings (SSSR count). The second kappa shape index (κ2) is 3.90. The van der Waals surface area contributed by atoms with Crippen LogP contribution in [0.2, 0.25) is 0 Å². The first-order chi connectivity index (χ1) is 10.8. The van der Waals surface area contributed by atoms with Crippen molar-refractivity contribution in [2.75, 3.05) is 19.0 Å². The highest BCUT2D eigenvalue weighted by Crippen LogP contribution is 2.50. The van der Waals surface area contributed by atoms with Crippen LogP contribution in [0.4, 0.5) is 5.69 Å². The van der Waals surface area contributed by atoms with Gasteiger partial charge in [-0.25, -0.2) is 0 Å². The van der Waals surface area contributed by atoms with Crippen molar-refractivity contribution in [2.45, 2.75) is 0 Å². The Labute approximate surface area is 125 Å². The Morgan fingerprint density at radius 3 is 2.86 bits per heavy atom. The molecule has 5 nitrogen and oxygen atoms in total. The predicted molar refractivity (Wildman–Crippen MR) is 81.4 cm³/mol. The quantitative estimate of drug-likeness (QED) is 0.646. The van der Waals surface area contributed by atoms with Crippen LogP contribution in [-0.4, -0.2) is 19.8 Å². The Morgan fingerprint density at radius 1 is 1.14 bits per heavy atom. The van der Waals surface area contributed by atoms with E-state index in [-0.39, 0.29) is 12.7 Å². The van der Waals surface area contributed by atoms with E-state index in [0.29, 0.717) is 17.1 Å². The van der Waals surface area contributed by atoms with Crippen molar-refractivity contribution >= 4 is 33.1 Å². The standard InChI is InChI=1S/C17H11NO4/c1-20-18-12-6-9-4-2-3-5-10(9)15-14(12)11(17(18)19)7-13-16(15)22-8-21-13/h2-7H,8H2,1H3. The van der Waals surface area contributed by atoms with E-state index in [9.17, 15) is 4.79 Å². The van der Waals surface area contributed by atoms with Gasteiger partial charge in [0.1, 0.15) is 0 Å². The summed E-state index contributed by atoms with van der Waals surface area (Å²) in [5.41, 5.74) is 1.33. The number of benzene rings is 3. The highest BCUT2D eigenvalue weighted by atomic mass is 16.7. The summed E-state index contributed by atoms with van der Waals surface area (Å²) in [4.78, 5) is 17.9. The van der Waals surface area contributed by atoms with Gasteiger partial charge in [0, 0.05) is 10.8 Å². The van der Waals surface area contributed by atoms with Crippen molar-refractivity contribution in [1.29, 1.82) is 0 Å². The van der Waals surface area contributed by atoms with Crippen molar-refractivity contribution in [3.8, 4) is 11.5 Å². The van der Waals surface area contributed by atoms with Gasteiger partial charge < -0.3 is 9.47 Å². The average Bonchev–Trinajstić information content (AvgIpc) is 3.11. The first-order valence-electron chi connectivity index (χ1n) is 6.96. The number of rotatable bonds is 1.